The molecule has 0 atom stereocenters. The van der Waals surface area contributed by atoms with E-state index in [1.807, 2.05) is 54.6 Å². The van der Waals surface area contributed by atoms with Crippen molar-refractivity contribution in [2.45, 2.75) is 26.2 Å². The SMILES string of the molecule is CC(=O)Oc1c(Cl)nc(Cc2ccc(NC(=O)c3ccc(Oc4ccccc4)cc3)cc2)nc1N1CCCC1. The van der Waals surface area contributed by atoms with Crippen LogP contribution in [0.2, 0.25) is 5.15 Å². The lowest BCUT2D eigenvalue weighted by Gasteiger charge is -2.20. The number of carbonyl (C=O) groups excluding carboxylic acids is 2. The van der Waals surface area contributed by atoms with Gasteiger partial charge in [-0.3, -0.25) is 9.59 Å². The quantitative estimate of drug-likeness (QED) is 0.206. The van der Waals surface area contributed by atoms with Gasteiger partial charge in [-0.25, -0.2) is 9.97 Å². The molecule has 3 aromatic carbocycles. The minimum Gasteiger partial charge on any atom is -0.457 e. The number of carbonyl (C=O) groups is 2. The van der Waals surface area contributed by atoms with E-state index in [1.54, 1.807) is 24.3 Å². The second-order valence-corrected chi connectivity index (χ2v) is 9.50. The number of esters is 1. The van der Waals surface area contributed by atoms with Gasteiger partial charge >= 0.3 is 5.97 Å². The number of para-hydroxylation sites is 1. The van der Waals surface area contributed by atoms with Crippen LogP contribution < -0.4 is 19.7 Å². The van der Waals surface area contributed by atoms with Crippen molar-refractivity contribution >= 4 is 35.0 Å². The van der Waals surface area contributed by atoms with E-state index in [-0.39, 0.29) is 16.8 Å². The van der Waals surface area contributed by atoms with E-state index in [4.69, 9.17) is 21.1 Å². The zero-order chi connectivity index (χ0) is 27.2. The summed E-state index contributed by atoms with van der Waals surface area (Å²) in [6.07, 6.45) is 2.50. The molecule has 0 saturated carbocycles. The molecule has 1 aliphatic rings. The molecule has 1 saturated heterocycles. The van der Waals surface area contributed by atoms with E-state index in [9.17, 15) is 9.59 Å². The highest BCUT2D eigenvalue weighted by atomic mass is 35.5. The maximum Gasteiger partial charge on any atom is 0.308 e. The van der Waals surface area contributed by atoms with Crippen molar-refractivity contribution in [2.75, 3.05) is 23.3 Å². The maximum atomic E-state index is 12.7. The summed E-state index contributed by atoms with van der Waals surface area (Å²) >= 11 is 6.40. The van der Waals surface area contributed by atoms with Crippen molar-refractivity contribution in [2.24, 2.45) is 0 Å². The van der Waals surface area contributed by atoms with E-state index in [0.717, 1.165) is 37.2 Å². The molecule has 0 spiro atoms. The largest absolute Gasteiger partial charge is 0.457 e. The van der Waals surface area contributed by atoms with E-state index in [1.165, 1.54) is 6.92 Å². The van der Waals surface area contributed by atoms with E-state index < -0.39 is 5.97 Å². The Balaban J connectivity index is 1.24. The monoisotopic (exact) mass is 542 g/mol. The summed E-state index contributed by atoms with van der Waals surface area (Å²) in [5.74, 6) is 1.96. The number of nitrogens with one attached hydrogen (secondary N) is 1. The van der Waals surface area contributed by atoms with Crippen molar-refractivity contribution in [3.63, 3.8) is 0 Å². The molecule has 9 heteroatoms. The second-order valence-electron chi connectivity index (χ2n) is 9.14. The predicted molar refractivity (Wildman–Crippen MR) is 150 cm³/mol. The fourth-order valence-electron chi connectivity index (χ4n) is 4.30. The topological polar surface area (TPSA) is 93.6 Å². The first-order valence-corrected chi connectivity index (χ1v) is 13.1. The van der Waals surface area contributed by atoms with Gasteiger partial charge in [0.05, 0.1) is 0 Å². The van der Waals surface area contributed by atoms with Crippen LogP contribution in [-0.2, 0) is 11.2 Å². The Morgan fingerprint density at radius 2 is 1.56 bits per heavy atom. The van der Waals surface area contributed by atoms with Crippen LogP contribution in [0.15, 0.2) is 78.9 Å². The molecule has 5 rings (SSSR count). The van der Waals surface area contributed by atoms with E-state index >= 15 is 0 Å². The predicted octanol–water partition coefficient (Wildman–Crippen LogP) is 6.29. The van der Waals surface area contributed by atoms with Crippen LogP contribution in [-0.4, -0.2) is 34.9 Å². The molecular formula is C30H27ClN4O4. The van der Waals surface area contributed by atoms with Gasteiger partial charge in [0.1, 0.15) is 17.3 Å². The number of hydrogen-bond acceptors (Lipinski definition) is 7. The highest BCUT2D eigenvalue weighted by molar-refractivity contribution is 6.31. The molecule has 198 valence electrons. The summed E-state index contributed by atoms with van der Waals surface area (Å²) in [7, 11) is 0. The number of halogens is 1. The Hall–Kier alpha value is -4.43. The fourth-order valence-corrected chi connectivity index (χ4v) is 4.52. The normalized spacial score (nSPS) is 12.7. The van der Waals surface area contributed by atoms with Gasteiger partial charge < -0.3 is 19.7 Å². The first kappa shape index (κ1) is 26.2. The number of amides is 1. The van der Waals surface area contributed by atoms with Gasteiger partial charge in [0.25, 0.3) is 5.91 Å². The minimum absolute atomic E-state index is 0.112. The first-order valence-electron chi connectivity index (χ1n) is 12.7. The van der Waals surface area contributed by atoms with Crippen LogP contribution >= 0.6 is 11.6 Å². The Kier molecular flexibility index (Phi) is 8.03. The molecule has 2 heterocycles. The van der Waals surface area contributed by atoms with Crippen molar-refractivity contribution in [3.8, 4) is 17.2 Å². The number of hydrogen-bond donors (Lipinski definition) is 1. The van der Waals surface area contributed by atoms with Gasteiger partial charge in [0.15, 0.2) is 11.0 Å². The number of benzene rings is 3. The van der Waals surface area contributed by atoms with Crippen LogP contribution in [0.1, 0.15) is 41.5 Å². The summed E-state index contributed by atoms with van der Waals surface area (Å²) in [5, 5.41) is 3.02. The zero-order valence-corrected chi connectivity index (χ0v) is 22.1. The number of nitrogens with zero attached hydrogens (tertiary/aromatic N) is 3. The lowest BCUT2D eigenvalue weighted by Crippen LogP contribution is -2.22. The molecule has 0 aliphatic carbocycles. The third-order valence-electron chi connectivity index (χ3n) is 6.17. The summed E-state index contributed by atoms with van der Waals surface area (Å²) < 4.78 is 11.1. The summed E-state index contributed by atoms with van der Waals surface area (Å²) in [4.78, 5) is 35.5. The molecule has 1 amide bonds. The van der Waals surface area contributed by atoms with Gasteiger partial charge in [-0.2, -0.15) is 0 Å². The van der Waals surface area contributed by atoms with Gasteiger partial charge in [-0.05, 0) is 66.9 Å². The molecule has 1 aliphatic heterocycles. The number of anilines is 2. The average molecular weight is 543 g/mol. The summed E-state index contributed by atoms with van der Waals surface area (Å²) in [6.45, 7) is 2.96. The van der Waals surface area contributed by atoms with Crippen LogP contribution in [0.5, 0.6) is 17.2 Å². The molecule has 4 aromatic rings. The maximum absolute atomic E-state index is 12.7. The summed E-state index contributed by atoms with van der Waals surface area (Å²) in [5.41, 5.74) is 2.12. The lowest BCUT2D eigenvalue weighted by atomic mass is 10.1. The molecule has 0 bridgehead atoms. The third kappa shape index (κ3) is 6.72. The van der Waals surface area contributed by atoms with Crippen LogP contribution in [0.25, 0.3) is 0 Å². The molecule has 0 unspecified atom stereocenters. The van der Waals surface area contributed by atoms with Crippen LogP contribution in [0.3, 0.4) is 0 Å². The standard InChI is InChI=1S/C30H27ClN4O4/c1-20(36)38-27-28(31)33-26(34-29(27)35-17-5-6-18-35)19-21-9-13-23(14-10-21)32-30(37)22-11-15-25(16-12-22)39-24-7-3-2-4-8-24/h2-4,7-16H,5-6,17-19H2,1H3,(H,32,37). The molecule has 1 fully saturated rings. The Morgan fingerprint density at radius 3 is 2.23 bits per heavy atom. The zero-order valence-electron chi connectivity index (χ0n) is 21.4. The van der Waals surface area contributed by atoms with Crippen molar-refractivity contribution in [3.05, 3.63) is 101 Å². The Labute approximate surface area is 231 Å². The lowest BCUT2D eigenvalue weighted by molar-refractivity contribution is -0.131. The third-order valence-corrected chi connectivity index (χ3v) is 6.43. The fraction of sp³-hybridized carbons (Fsp3) is 0.200. The molecular weight excluding hydrogens is 516 g/mol. The number of aromatic nitrogens is 2. The number of rotatable bonds is 8. The van der Waals surface area contributed by atoms with Crippen molar-refractivity contribution in [1.29, 1.82) is 0 Å². The smallest absolute Gasteiger partial charge is 0.308 e. The van der Waals surface area contributed by atoms with Gasteiger partial charge in [0, 0.05) is 37.7 Å². The minimum atomic E-state index is -0.470. The molecule has 0 radical (unpaired) electrons. The first-order chi connectivity index (χ1) is 18.9. The van der Waals surface area contributed by atoms with Gasteiger partial charge in [-0.15, -0.1) is 0 Å². The highest BCUT2D eigenvalue weighted by Gasteiger charge is 2.24. The number of ether oxygens (including phenoxy) is 2. The molecule has 39 heavy (non-hydrogen) atoms. The molecule has 8 nitrogen and oxygen atoms in total. The second kappa shape index (κ2) is 12.0. The Bertz CT molecular complexity index is 1460. The summed E-state index contributed by atoms with van der Waals surface area (Å²) in [6, 6.07) is 23.9. The van der Waals surface area contributed by atoms with Crippen LogP contribution in [0.4, 0.5) is 11.5 Å². The van der Waals surface area contributed by atoms with Gasteiger partial charge in [-0.1, -0.05) is 41.9 Å². The van der Waals surface area contributed by atoms with Crippen LogP contribution in [0, 0.1) is 0 Å². The van der Waals surface area contributed by atoms with E-state index in [0.29, 0.717) is 35.1 Å². The van der Waals surface area contributed by atoms with E-state index in [2.05, 4.69) is 20.2 Å². The molecule has 1 N–H and O–H groups in total. The Morgan fingerprint density at radius 1 is 0.897 bits per heavy atom. The highest BCUT2D eigenvalue weighted by Crippen LogP contribution is 2.35. The van der Waals surface area contributed by atoms with Gasteiger partial charge in [0.2, 0.25) is 5.75 Å². The van der Waals surface area contributed by atoms with Crippen molar-refractivity contribution in [1.82, 2.24) is 9.97 Å². The van der Waals surface area contributed by atoms with Crippen molar-refractivity contribution < 1.29 is 19.1 Å². The average Bonchev–Trinajstić information content (AvgIpc) is 3.47. The molecule has 1 aromatic heterocycles.